The molecule has 2 heterocycles. The minimum atomic E-state index is -0.941. The van der Waals surface area contributed by atoms with Gasteiger partial charge in [0.2, 0.25) is 5.95 Å². The van der Waals surface area contributed by atoms with Crippen molar-refractivity contribution in [3.8, 4) is 0 Å². The fourth-order valence-corrected chi connectivity index (χ4v) is 4.82. The molecule has 32 heavy (non-hydrogen) atoms. The molecule has 0 bridgehead atoms. The number of benzene rings is 1. The molecule has 0 atom stereocenters. The number of anilines is 1. The smallest absolute Gasteiger partial charge is 0.305 e. The maximum Gasteiger partial charge on any atom is 0.305 e. The first-order valence-electron chi connectivity index (χ1n) is 10.8. The van der Waals surface area contributed by atoms with Crippen LogP contribution in [0.3, 0.4) is 0 Å². The fourth-order valence-electron chi connectivity index (χ4n) is 4.20. The summed E-state index contributed by atoms with van der Waals surface area (Å²) in [6.45, 7) is 0.154. The zero-order valence-electron chi connectivity index (χ0n) is 17.9. The molecule has 2 amide bonds. The number of carboxylic acid groups (broad SMARTS) is 1. The van der Waals surface area contributed by atoms with E-state index in [1.54, 1.807) is 34.9 Å². The predicted molar refractivity (Wildman–Crippen MR) is 123 cm³/mol. The molecule has 1 aromatic carbocycles. The van der Waals surface area contributed by atoms with Gasteiger partial charge in [-0.3, -0.25) is 19.7 Å². The van der Waals surface area contributed by atoms with Crippen LogP contribution in [0.5, 0.6) is 0 Å². The molecule has 0 unspecified atom stereocenters. The summed E-state index contributed by atoms with van der Waals surface area (Å²) in [6, 6.07) is 8.98. The largest absolute Gasteiger partial charge is 0.481 e. The number of nitrogens with one attached hydrogen (secondary N) is 1. The van der Waals surface area contributed by atoms with Crippen LogP contribution in [-0.4, -0.2) is 50.4 Å². The van der Waals surface area contributed by atoms with Gasteiger partial charge < -0.3 is 14.6 Å². The van der Waals surface area contributed by atoms with Gasteiger partial charge >= 0.3 is 5.97 Å². The van der Waals surface area contributed by atoms with E-state index in [1.165, 1.54) is 17.8 Å². The predicted octanol–water partition coefficient (Wildman–Crippen LogP) is 4.23. The summed E-state index contributed by atoms with van der Waals surface area (Å²) in [5, 5.41) is 13.7. The lowest BCUT2D eigenvalue weighted by atomic mass is 9.94. The fraction of sp³-hybridized carbons (Fsp3) is 0.391. The summed E-state index contributed by atoms with van der Waals surface area (Å²) in [6.07, 6.45) is 5.43. The summed E-state index contributed by atoms with van der Waals surface area (Å²) < 4.78 is 1.67. The first-order chi connectivity index (χ1) is 15.4. The van der Waals surface area contributed by atoms with Crippen LogP contribution in [0.4, 0.5) is 5.95 Å². The normalized spacial score (nSPS) is 14.4. The summed E-state index contributed by atoms with van der Waals surface area (Å²) in [5.41, 5.74) is 1.74. The van der Waals surface area contributed by atoms with Gasteiger partial charge in [-0.05, 0) is 42.5 Å². The van der Waals surface area contributed by atoms with Crippen LogP contribution in [0.1, 0.15) is 58.6 Å². The standard InChI is InChI=1S/C23H26N4O4S/c1-26(16-6-3-2-4-7-16)22(31)15-9-10-18-17(14-15)24-23(27(18)12-11-20(28)29)25-21(30)19-8-5-13-32-19/h5,8-10,13-14,16H,2-4,6-7,11-12H2,1H3,(H,28,29)(H,24,25,30). The van der Waals surface area contributed by atoms with Crippen molar-refractivity contribution in [3.63, 3.8) is 0 Å². The van der Waals surface area contributed by atoms with Crippen molar-refractivity contribution in [2.75, 3.05) is 12.4 Å². The van der Waals surface area contributed by atoms with Crippen molar-refractivity contribution < 1.29 is 19.5 Å². The minimum Gasteiger partial charge on any atom is -0.481 e. The number of aromatic nitrogens is 2. The number of fused-ring (bicyclic) bond motifs is 1. The lowest BCUT2D eigenvalue weighted by molar-refractivity contribution is -0.137. The summed E-state index contributed by atoms with van der Waals surface area (Å²) >= 11 is 1.31. The van der Waals surface area contributed by atoms with Gasteiger partial charge in [0.15, 0.2) is 0 Å². The van der Waals surface area contributed by atoms with Crippen LogP contribution in [0, 0.1) is 0 Å². The first kappa shape index (κ1) is 22.0. The Labute approximate surface area is 189 Å². The van der Waals surface area contributed by atoms with Gasteiger partial charge in [0.25, 0.3) is 11.8 Å². The van der Waals surface area contributed by atoms with Crippen molar-refractivity contribution in [2.45, 2.75) is 51.1 Å². The number of hydrogen-bond donors (Lipinski definition) is 2. The number of rotatable bonds is 7. The average molecular weight is 455 g/mol. The Kier molecular flexibility index (Phi) is 6.55. The van der Waals surface area contributed by atoms with E-state index in [2.05, 4.69) is 10.3 Å². The van der Waals surface area contributed by atoms with Crippen molar-refractivity contribution >= 4 is 46.1 Å². The molecule has 8 nitrogen and oxygen atoms in total. The van der Waals surface area contributed by atoms with Crippen molar-refractivity contribution in [2.24, 2.45) is 0 Å². The van der Waals surface area contributed by atoms with Crippen molar-refractivity contribution in [1.29, 1.82) is 0 Å². The maximum absolute atomic E-state index is 13.1. The van der Waals surface area contributed by atoms with Gasteiger partial charge in [-0.25, -0.2) is 4.98 Å². The van der Waals surface area contributed by atoms with E-state index in [9.17, 15) is 14.4 Å². The molecule has 2 N–H and O–H groups in total. The van der Waals surface area contributed by atoms with Gasteiger partial charge in [0.05, 0.1) is 22.3 Å². The molecule has 1 fully saturated rings. The molecule has 0 radical (unpaired) electrons. The molecule has 0 spiro atoms. The summed E-state index contributed by atoms with van der Waals surface area (Å²) in [4.78, 5) is 43.7. The number of thiophene rings is 1. The highest BCUT2D eigenvalue weighted by molar-refractivity contribution is 7.12. The number of nitrogens with zero attached hydrogens (tertiary/aromatic N) is 3. The van der Waals surface area contributed by atoms with Gasteiger partial charge in [-0.15, -0.1) is 11.3 Å². The molecule has 168 valence electrons. The zero-order chi connectivity index (χ0) is 22.7. The quantitative estimate of drug-likeness (QED) is 0.556. The molecule has 1 aliphatic carbocycles. The highest BCUT2D eigenvalue weighted by atomic mass is 32.1. The molecule has 9 heteroatoms. The molecular formula is C23H26N4O4S. The van der Waals surface area contributed by atoms with Gasteiger partial charge in [-0.2, -0.15) is 0 Å². The van der Waals surface area contributed by atoms with E-state index in [0.717, 1.165) is 25.7 Å². The molecule has 3 aromatic rings. The lowest BCUT2D eigenvalue weighted by Crippen LogP contribution is -2.38. The highest BCUT2D eigenvalue weighted by Crippen LogP contribution is 2.26. The third-order valence-electron chi connectivity index (χ3n) is 5.96. The molecular weight excluding hydrogens is 428 g/mol. The SMILES string of the molecule is CN(C(=O)c1ccc2c(c1)nc(NC(=O)c1cccs1)n2CCC(=O)O)C1CCCCC1. The van der Waals surface area contributed by atoms with Gasteiger partial charge in [0.1, 0.15) is 0 Å². The molecule has 0 saturated heterocycles. The molecule has 1 aliphatic rings. The Hall–Kier alpha value is -3.20. The van der Waals surface area contributed by atoms with Crippen LogP contribution < -0.4 is 5.32 Å². The Morgan fingerprint density at radius 1 is 1.22 bits per heavy atom. The molecule has 0 aliphatic heterocycles. The zero-order valence-corrected chi connectivity index (χ0v) is 18.7. The van der Waals surface area contributed by atoms with Crippen LogP contribution >= 0.6 is 11.3 Å². The Balaban J connectivity index is 1.63. The van der Waals surface area contributed by atoms with E-state index in [-0.39, 0.29) is 36.8 Å². The Morgan fingerprint density at radius 2 is 2.00 bits per heavy atom. The van der Waals surface area contributed by atoms with Crippen LogP contribution in [0.25, 0.3) is 11.0 Å². The highest BCUT2D eigenvalue weighted by Gasteiger charge is 2.24. The monoisotopic (exact) mass is 454 g/mol. The average Bonchev–Trinajstić information content (AvgIpc) is 3.45. The molecule has 4 rings (SSSR count). The third-order valence-corrected chi connectivity index (χ3v) is 6.83. The number of carbonyl (C=O) groups excluding carboxylic acids is 2. The van der Waals surface area contributed by atoms with Gasteiger partial charge in [-0.1, -0.05) is 25.3 Å². The number of aliphatic carboxylic acids is 1. The third kappa shape index (κ3) is 4.67. The van der Waals surface area contributed by atoms with E-state index in [1.807, 2.05) is 17.3 Å². The summed E-state index contributed by atoms with van der Waals surface area (Å²) in [7, 11) is 1.85. The molecule has 1 saturated carbocycles. The lowest BCUT2D eigenvalue weighted by Gasteiger charge is -2.31. The number of carbonyl (C=O) groups is 3. The second-order valence-electron chi connectivity index (χ2n) is 8.07. The number of hydrogen-bond acceptors (Lipinski definition) is 5. The number of imidazole rings is 1. The van der Waals surface area contributed by atoms with E-state index < -0.39 is 5.97 Å². The summed E-state index contributed by atoms with van der Waals surface area (Å²) in [5.74, 6) is -1.03. The number of aryl methyl sites for hydroxylation is 1. The van der Waals surface area contributed by atoms with E-state index in [4.69, 9.17) is 5.11 Å². The minimum absolute atomic E-state index is 0.0527. The second kappa shape index (κ2) is 9.52. The Bertz CT molecular complexity index is 1130. The number of amides is 2. The van der Waals surface area contributed by atoms with Crippen molar-refractivity contribution in [3.05, 3.63) is 46.2 Å². The van der Waals surface area contributed by atoms with Crippen LogP contribution in [-0.2, 0) is 11.3 Å². The second-order valence-corrected chi connectivity index (χ2v) is 9.02. The van der Waals surface area contributed by atoms with E-state index in [0.29, 0.717) is 21.5 Å². The number of carboxylic acids is 1. The van der Waals surface area contributed by atoms with Crippen LogP contribution in [0.2, 0.25) is 0 Å². The Morgan fingerprint density at radius 3 is 2.69 bits per heavy atom. The van der Waals surface area contributed by atoms with E-state index >= 15 is 0 Å². The van der Waals surface area contributed by atoms with Crippen LogP contribution in [0.15, 0.2) is 35.7 Å². The van der Waals surface area contributed by atoms with Gasteiger partial charge in [0, 0.05) is 25.2 Å². The first-order valence-corrected chi connectivity index (χ1v) is 11.7. The molecule has 2 aromatic heterocycles. The van der Waals surface area contributed by atoms with Crippen molar-refractivity contribution in [1.82, 2.24) is 14.5 Å². The maximum atomic E-state index is 13.1. The topological polar surface area (TPSA) is 105 Å².